The molecule has 1 aliphatic rings. The average Bonchev–Trinajstić information content (AvgIpc) is 2.82. The van der Waals surface area contributed by atoms with E-state index in [0.717, 1.165) is 21.6 Å². The van der Waals surface area contributed by atoms with Crippen LogP contribution in [0.2, 0.25) is 0 Å². The third kappa shape index (κ3) is 5.27. The third-order valence-corrected chi connectivity index (χ3v) is 6.01. The van der Waals surface area contributed by atoms with E-state index in [1.54, 1.807) is 36.4 Å². The first-order valence-electron chi connectivity index (χ1n) is 10.8. The zero-order valence-corrected chi connectivity index (χ0v) is 21.0. The Labute approximate surface area is 211 Å². The molecule has 8 heteroatoms. The fraction of sp³-hybridized carbons (Fsp3) is 0.148. The Morgan fingerprint density at radius 3 is 2.40 bits per heavy atom. The van der Waals surface area contributed by atoms with Crippen LogP contribution < -0.4 is 19.7 Å². The van der Waals surface area contributed by atoms with Gasteiger partial charge >= 0.3 is 6.03 Å². The number of barbiturate groups is 1. The average molecular weight is 535 g/mol. The number of anilines is 1. The molecule has 178 valence electrons. The lowest BCUT2D eigenvalue weighted by molar-refractivity contribution is -0.122. The Hall–Kier alpha value is -3.91. The van der Waals surface area contributed by atoms with Crippen molar-refractivity contribution in [3.63, 3.8) is 0 Å². The summed E-state index contributed by atoms with van der Waals surface area (Å²) in [5, 5.41) is 2.23. The highest BCUT2D eigenvalue weighted by Gasteiger charge is 2.36. The summed E-state index contributed by atoms with van der Waals surface area (Å²) in [6.45, 7) is 4.25. The Balaban J connectivity index is 1.64. The van der Waals surface area contributed by atoms with Crippen LogP contribution in [0.1, 0.15) is 22.3 Å². The smallest absolute Gasteiger partial charge is 0.335 e. The van der Waals surface area contributed by atoms with Gasteiger partial charge in [-0.1, -0.05) is 47.5 Å². The number of imide groups is 2. The number of hydrogen-bond acceptors (Lipinski definition) is 5. The van der Waals surface area contributed by atoms with Crippen molar-refractivity contribution < 1.29 is 23.9 Å². The molecular weight excluding hydrogens is 512 g/mol. The zero-order valence-electron chi connectivity index (χ0n) is 19.4. The number of hydrogen-bond donors (Lipinski definition) is 1. The molecule has 1 fully saturated rings. The molecule has 1 aliphatic heterocycles. The van der Waals surface area contributed by atoms with E-state index in [9.17, 15) is 14.4 Å². The van der Waals surface area contributed by atoms with Crippen molar-refractivity contribution in [2.75, 3.05) is 12.0 Å². The van der Waals surface area contributed by atoms with Gasteiger partial charge in [-0.15, -0.1) is 0 Å². The number of ether oxygens (including phenoxy) is 2. The normalized spacial score (nSPS) is 14.8. The van der Waals surface area contributed by atoms with Gasteiger partial charge in [-0.2, -0.15) is 0 Å². The number of benzene rings is 3. The van der Waals surface area contributed by atoms with Gasteiger partial charge in [0.05, 0.1) is 17.3 Å². The fourth-order valence-electron chi connectivity index (χ4n) is 3.67. The molecule has 0 radical (unpaired) electrons. The number of carbonyl (C=O) groups is 3. The minimum Gasteiger partial charge on any atom is -0.493 e. The molecule has 0 bridgehead atoms. The van der Waals surface area contributed by atoms with E-state index in [-0.39, 0.29) is 5.57 Å². The van der Waals surface area contributed by atoms with Crippen molar-refractivity contribution in [3.05, 3.63) is 93.0 Å². The number of nitrogens with one attached hydrogen (secondary N) is 1. The van der Waals surface area contributed by atoms with Crippen LogP contribution in [0.4, 0.5) is 10.5 Å². The second-order valence-electron chi connectivity index (χ2n) is 8.11. The molecule has 3 aromatic rings. The second kappa shape index (κ2) is 10.1. The number of aryl methyl sites for hydroxylation is 2. The van der Waals surface area contributed by atoms with Crippen LogP contribution in [-0.4, -0.2) is 25.0 Å². The van der Waals surface area contributed by atoms with Crippen molar-refractivity contribution in [1.29, 1.82) is 0 Å². The number of methoxy groups -OCH3 is 1. The van der Waals surface area contributed by atoms with Crippen LogP contribution in [0.25, 0.3) is 6.08 Å². The topological polar surface area (TPSA) is 84.9 Å². The first-order valence-corrected chi connectivity index (χ1v) is 11.6. The van der Waals surface area contributed by atoms with Gasteiger partial charge in [-0.05, 0) is 71.2 Å². The molecule has 4 rings (SSSR count). The molecule has 0 atom stereocenters. The molecule has 0 unspecified atom stereocenters. The molecular formula is C27H23BrN2O5. The molecule has 7 nitrogen and oxygen atoms in total. The first kappa shape index (κ1) is 24.2. The van der Waals surface area contributed by atoms with E-state index in [2.05, 4.69) is 21.2 Å². The van der Waals surface area contributed by atoms with Gasteiger partial charge in [0.1, 0.15) is 12.2 Å². The SMILES string of the molecule is COc1cc(/C=C2\C(=O)NC(=O)N(c3ccc(C)cc3)C2=O)cc(Br)c1OCc1cccc(C)c1. The van der Waals surface area contributed by atoms with Crippen LogP contribution in [0.15, 0.2) is 70.7 Å². The maximum absolute atomic E-state index is 13.1. The number of rotatable bonds is 6. The molecule has 0 spiro atoms. The molecule has 0 aromatic heterocycles. The van der Waals surface area contributed by atoms with E-state index in [0.29, 0.717) is 33.8 Å². The monoisotopic (exact) mass is 534 g/mol. The number of nitrogens with zero attached hydrogens (tertiary/aromatic N) is 1. The minimum absolute atomic E-state index is 0.174. The van der Waals surface area contributed by atoms with Crippen molar-refractivity contribution in [3.8, 4) is 11.5 Å². The van der Waals surface area contributed by atoms with Crippen LogP contribution in [-0.2, 0) is 16.2 Å². The lowest BCUT2D eigenvalue weighted by Crippen LogP contribution is -2.54. The van der Waals surface area contributed by atoms with Gasteiger partial charge in [0, 0.05) is 0 Å². The van der Waals surface area contributed by atoms with Gasteiger partial charge in [-0.25, -0.2) is 9.69 Å². The third-order valence-electron chi connectivity index (χ3n) is 5.42. The quantitative estimate of drug-likeness (QED) is 0.341. The summed E-state index contributed by atoms with van der Waals surface area (Å²) in [5.41, 5.74) is 3.84. The summed E-state index contributed by atoms with van der Waals surface area (Å²) in [6, 6.07) is 17.4. The maximum atomic E-state index is 13.1. The minimum atomic E-state index is -0.792. The molecule has 35 heavy (non-hydrogen) atoms. The molecule has 0 aliphatic carbocycles. The Morgan fingerprint density at radius 2 is 1.71 bits per heavy atom. The lowest BCUT2D eigenvalue weighted by atomic mass is 10.1. The number of amides is 4. The summed E-state index contributed by atoms with van der Waals surface area (Å²) in [7, 11) is 1.51. The van der Waals surface area contributed by atoms with E-state index in [1.165, 1.54) is 13.2 Å². The predicted molar refractivity (Wildman–Crippen MR) is 136 cm³/mol. The van der Waals surface area contributed by atoms with Gasteiger partial charge in [0.15, 0.2) is 11.5 Å². The van der Waals surface area contributed by atoms with Crippen molar-refractivity contribution in [2.24, 2.45) is 0 Å². The maximum Gasteiger partial charge on any atom is 0.335 e. The standard InChI is InChI=1S/C27H23BrN2O5/c1-16-7-9-20(10-8-16)30-26(32)21(25(31)29-27(30)33)12-19-13-22(28)24(23(14-19)34-3)35-15-18-6-4-5-17(2)11-18/h4-14H,15H2,1-3H3,(H,29,31,33)/b21-12+. The van der Waals surface area contributed by atoms with E-state index in [1.807, 2.05) is 38.1 Å². The molecule has 1 saturated heterocycles. The largest absolute Gasteiger partial charge is 0.493 e. The van der Waals surface area contributed by atoms with Crippen LogP contribution in [0.3, 0.4) is 0 Å². The summed E-state index contributed by atoms with van der Waals surface area (Å²) in [4.78, 5) is 39.0. The molecule has 4 amide bonds. The van der Waals surface area contributed by atoms with Crippen molar-refractivity contribution in [1.82, 2.24) is 5.32 Å². The fourth-order valence-corrected chi connectivity index (χ4v) is 4.25. The Kier molecular flexibility index (Phi) is 7.02. The van der Waals surface area contributed by atoms with Gasteiger partial charge in [0.25, 0.3) is 11.8 Å². The number of halogens is 1. The highest BCUT2D eigenvalue weighted by atomic mass is 79.9. The molecule has 3 aromatic carbocycles. The van der Waals surface area contributed by atoms with Crippen molar-refractivity contribution in [2.45, 2.75) is 20.5 Å². The summed E-state index contributed by atoms with van der Waals surface area (Å²) < 4.78 is 12.1. The van der Waals surface area contributed by atoms with Crippen molar-refractivity contribution >= 4 is 45.5 Å². The number of carbonyl (C=O) groups excluding carboxylic acids is 3. The van der Waals surface area contributed by atoms with Gasteiger partial charge in [-0.3, -0.25) is 14.9 Å². The summed E-state index contributed by atoms with van der Waals surface area (Å²) in [5.74, 6) is -0.559. The van der Waals surface area contributed by atoms with Gasteiger partial charge < -0.3 is 9.47 Å². The Bertz CT molecular complexity index is 1350. The highest BCUT2D eigenvalue weighted by molar-refractivity contribution is 9.10. The first-order chi connectivity index (χ1) is 16.8. The van der Waals surface area contributed by atoms with Crippen LogP contribution in [0.5, 0.6) is 11.5 Å². The molecule has 1 heterocycles. The molecule has 0 saturated carbocycles. The second-order valence-corrected chi connectivity index (χ2v) is 8.96. The van der Waals surface area contributed by atoms with E-state index >= 15 is 0 Å². The van der Waals surface area contributed by atoms with Crippen LogP contribution >= 0.6 is 15.9 Å². The Morgan fingerprint density at radius 1 is 0.971 bits per heavy atom. The summed E-state index contributed by atoms with van der Waals surface area (Å²) in [6.07, 6.45) is 1.42. The molecule has 1 N–H and O–H groups in total. The van der Waals surface area contributed by atoms with Crippen LogP contribution in [0, 0.1) is 13.8 Å². The van der Waals surface area contributed by atoms with E-state index in [4.69, 9.17) is 9.47 Å². The summed E-state index contributed by atoms with van der Waals surface area (Å²) >= 11 is 3.50. The number of urea groups is 1. The van der Waals surface area contributed by atoms with Gasteiger partial charge in [0.2, 0.25) is 0 Å². The highest BCUT2D eigenvalue weighted by Crippen LogP contribution is 2.38. The predicted octanol–water partition coefficient (Wildman–Crippen LogP) is 5.32. The van der Waals surface area contributed by atoms with E-state index < -0.39 is 17.8 Å². The zero-order chi connectivity index (χ0) is 25.1. The lowest BCUT2D eigenvalue weighted by Gasteiger charge is -2.26.